The maximum absolute atomic E-state index is 13.0. The lowest BCUT2D eigenvalue weighted by molar-refractivity contribution is -0.137. The van der Waals surface area contributed by atoms with Crippen molar-refractivity contribution in [2.24, 2.45) is 0 Å². The third-order valence-corrected chi connectivity index (χ3v) is 5.61. The predicted octanol–water partition coefficient (Wildman–Crippen LogP) is 4.23. The number of hydrogen-bond acceptors (Lipinski definition) is 5. The van der Waals surface area contributed by atoms with Crippen molar-refractivity contribution in [3.8, 4) is 0 Å². The van der Waals surface area contributed by atoms with E-state index in [1.54, 1.807) is 12.3 Å². The first-order valence-corrected chi connectivity index (χ1v) is 9.83. The van der Waals surface area contributed by atoms with Crippen LogP contribution >= 0.6 is 11.3 Å². The molecule has 154 valence electrons. The molecule has 0 saturated heterocycles. The van der Waals surface area contributed by atoms with Crippen LogP contribution in [0.4, 0.5) is 18.9 Å². The van der Waals surface area contributed by atoms with Gasteiger partial charge in [-0.25, -0.2) is 9.97 Å². The summed E-state index contributed by atoms with van der Waals surface area (Å²) in [6.45, 7) is 1.45. The van der Waals surface area contributed by atoms with Crippen LogP contribution in [0, 0.1) is 0 Å². The van der Waals surface area contributed by atoms with Crippen LogP contribution in [-0.2, 0) is 23.9 Å². The van der Waals surface area contributed by atoms with E-state index in [9.17, 15) is 22.8 Å². The highest BCUT2D eigenvalue weighted by molar-refractivity contribution is 7.25. The molecular formula is C20H15F3N4O2S. The van der Waals surface area contributed by atoms with Crippen LogP contribution in [0.15, 0.2) is 47.4 Å². The second-order valence-corrected chi connectivity index (χ2v) is 7.53. The Kier molecular flexibility index (Phi) is 5.02. The third-order valence-electron chi connectivity index (χ3n) is 4.52. The number of nitrogens with zero attached hydrogens (tertiary/aromatic N) is 3. The lowest BCUT2D eigenvalue weighted by Gasteiger charge is -2.13. The Hall–Kier alpha value is -3.27. The number of alkyl halides is 3. The predicted molar refractivity (Wildman–Crippen MR) is 109 cm³/mol. The first kappa shape index (κ1) is 20.0. The molecule has 0 aliphatic carbocycles. The molecule has 4 rings (SSSR count). The van der Waals surface area contributed by atoms with Gasteiger partial charge in [-0.1, -0.05) is 13.0 Å². The van der Waals surface area contributed by atoms with Gasteiger partial charge in [0.15, 0.2) is 0 Å². The Morgan fingerprint density at radius 1 is 1.23 bits per heavy atom. The van der Waals surface area contributed by atoms with E-state index in [1.807, 2.05) is 13.0 Å². The molecule has 1 aromatic carbocycles. The van der Waals surface area contributed by atoms with Gasteiger partial charge in [-0.05, 0) is 30.3 Å². The molecule has 0 bridgehead atoms. The van der Waals surface area contributed by atoms with Gasteiger partial charge in [0.25, 0.3) is 5.56 Å². The first-order valence-electron chi connectivity index (χ1n) is 9.02. The Labute approximate surface area is 172 Å². The number of anilines is 1. The van der Waals surface area contributed by atoms with Gasteiger partial charge in [-0.2, -0.15) is 13.2 Å². The average Bonchev–Trinajstić information content (AvgIpc) is 3.08. The minimum atomic E-state index is -4.52. The summed E-state index contributed by atoms with van der Waals surface area (Å²) >= 11 is 1.19. The number of carbonyl (C=O) groups is 1. The van der Waals surface area contributed by atoms with E-state index in [1.165, 1.54) is 28.0 Å². The molecule has 0 aliphatic heterocycles. The Balaban J connectivity index is 1.68. The zero-order chi connectivity index (χ0) is 21.5. The molecule has 0 saturated carbocycles. The zero-order valence-electron chi connectivity index (χ0n) is 15.7. The summed E-state index contributed by atoms with van der Waals surface area (Å²) in [4.78, 5) is 35.0. The van der Waals surface area contributed by atoms with E-state index in [2.05, 4.69) is 15.3 Å². The SMILES string of the molecule is CCc1nc2c(sc3ncccc32)c(=O)n1CC(=O)Nc1cccc(C(F)(F)F)c1. The second-order valence-electron chi connectivity index (χ2n) is 6.54. The van der Waals surface area contributed by atoms with Crippen LogP contribution in [0.25, 0.3) is 20.4 Å². The number of hydrogen-bond donors (Lipinski definition) is 1. The molecule has 3 heterocycles. The Morgan fingerprint density at radius 3 is 2.77 bits per heavy atom. The number of nitrogens with one attached hydrogen (secondary N) is 1. The molecule has 0 radical (unpaired) electrons. The number of aromatic nitrogens is 3. The summed E-state index contributed by atoms with van der Waals surface area (Å²) in [6, 6.07) is 7.92. The fraction of sp³-hybridized carbons (Fsp3) is 0.200. The molecule has 0 spiro atoms. The van der Waals surface area contributed by atoms with E-state index in [4.69, 9.17) is 0 Å². The quantitative estimate of drug-likeness (QED) is 0.524. The minimum Gasteiger partial charge on any atom is -0.325 e. The zero-order valence-corrected chi connectivity index (χ0v) is 16.5. The molecule has 0 unspecified atom stereocenters. The monoisotopic (exact) mass is 432 g/mol. The molecule has 1 N–H and O–H groups in total. The fourth-order valence-corrected chi connectivity index (χ4v) is 4.19. The van der Waals surface area contributed by atoms with Crippen molar-refractivity contribution in [1.82, 2.24) is 14.5 Å². The van der Waals surface area contributed by atoms with E-state index in [-0.39, 0.29) is 17.8 Å². The average molecular weight is 432 g/mol. The molecule has 1 amide bonds. The van der Waals surface area contributed by atoms with Gasteiger partial charge in [0.1, 0.15) is 21.9 Å². The highest BCUT2D eigenvalue weighted by Gasteiger charge is 2.30. The largest absolute Gasteiger partial charge is 0.416 e. The lowest BCUT2D eigenvalue weighted by Crippen LogP contribution is -2.30. The number of aryl methyl sites for hydroxylation is 1. The summed E-state index contributed by atoms with van der Waals surface area (Å²) in [5.41, 5.74) is -0.702. The number of pyridine rings is 1. The van der Waals surface area contributed by atoms with Crippen LogP contribution in [0.2, 0.25) is 0 Å². The Bertz CT molecular complexity index is 1330. The van der Waals surface area contributed by atoms with Crippen molar-refractivity contribution in [3.63, 3.8) is 0 Å². The standard InChI is InChI=1S/C20H15F3N4O2S/c1-2-14-26-16-13-7-4-8-24-18(13)30-17(16)19(29)27(14)10-15(28)25-12-6-3-5-11(9-12)20(21,22)23/h3-9H,2,10H2,1H3,(H,25,28). The van der Waals surface area contributed by atoms with Gasteiger partial charge in [0.2, 0.25) is 5.91 Å². The summed E-state index contributed by atoms with van der Waals surface area (Å²) in [5, 5.41) is 3.19. The number of amides is 1. The van der Waals surface area contributed by atoms with Crippen LogP contribution in [0.3, 0.4) is 0 Å². The molecule has 0 aliphatic rings. The minimum absolute atomic E-state index is 0.000946. The number of rotatable bonds is 4. The summed E-state index contributed by atoms with van der Waals surface area (Å²) in [6.07, 6.45) is -2.49. The van der Waals surface area contributed by atoms with E-state index in [0.29, 0.717) is 27.3 Å². The van der Waals surface area contributed by atoms with Gasteiger partial charge in [0, 0.05) is 23.7 Å². The fourth-order valence-electron chi connectivity index (χ4n) is 3.16. The lowest BCUT2D eigenvalue weighted by atomic mass is 10.2. The maximum atomic E-state index is 13.0. The van der Waals surface area contributed by atoms with Gasteiger partial charge in [0.05, 0.1) is 11.1 Å². The van der Waals surface area contributed by atoms with E-state index >= 15 is 0 Å². The molecule has 10 heteroatoms. The van der Waals surface area contributed by atoms with Crippen LogP contribution < -0.4 is 10.9 Å². The molecule has 0 fully saturated rings. The summed E-state index contributed by atoms with van der Waals surface area (Å²) in [5.74, 6) is -0.207. The number of thiophene rings is 1. The molecule has 30 heavy (non-hydrogen) atoms. The van der Waals surface area contributed by atoms with Gasteiger partial charge < -0.3 is 5.32 Å². The molecular weight excluding hydrogens is 417 g/mol. The smallest absolute Gasteiger partial charge is 0.325 e. The summed E-state index contributed by atoms with van der Waals surface area (Å²) < 4.78 is 40.2. The highest BCUT2D eigenvalue weighted by atomic mass is 32.1. The van der Waals surface area contributed by atoms with E-state index in [0.717, 1.165) is 17.5 Å². The van der Waals surface area contributed by atoms with Crippen LogP contribution in [0.1, 0.15) is 18.3 Å². The van der Waals surface area contributed by atoms with Gasteiger partial charge in [-0.15, -0.1) is 11.3 Å². The van der Waals surface area contributed by atoms with Gasteiger partial charge in [-0.3, -0.25) is 14.2 Å². The topological polar surface area (TPSA) is 76.9 Å². The van der Waals surface area contributed by atoms with Crippen molar-refractivity contribution < 1.29 is 18.0 Å². The molecule has 6 nitrogen and oxygen atoms in total. The maximum Gasteiger partial charge on any atom is 0.416 e. The molecule has 3 aromatic heterocycles. The van der Waals surface area contributed by atoms with Crippen molar-refractivity contribution in [2.45, 2.75) is 26.1 Å². The number of carbonyl (C=O) groups excluding carboxylic acids is 1. The van der Waals surface area contributed by atoms with Crippen LogP contribution in [0.5, 0.6) is 0 Å². The summed E-state index contributed by atoms with van der Waals surface area (Å²) in [7, 11) is 0. The molecule has 0 atom stereocenters. The number of benzene rings is 1. The van der Waals surface area contributed by atoms with Crippen molar-refractivity contribution in [2.75, 3.05) is 5.32 Å². The van der Waals surface area contributed by atoms with Crippen molar-refractivity contribution >= 4 is 43.4 Å². The normalized spacial score (nSPS) is 11.9. The van der Waals surface area contributed by atoms with E-state index < -0.39 is 17.6 Å². The Morgan fingerprint density at radius 2 is 2.03 bits per heavy atom. The van der Waals surface area contributed by atoms with Crippen molar-refractivity contribution in [3.05, 3.63) is 64.3 Å². The highest BCUT2D eigenvalue weighted by Crippen LogP contribution is 2.31. The number of halogens is 3. The third kappa shape index (κ3) is 3.65. The number of fused-ring (bicyclic) bond motifs is 3. The van der Waals surface area contributed by atoms with Gasteiger partial charge >= 0.3 is 6.18 Å². The molecule has 4 aromatic rings. The second kappa shape index (κ2) is 7.52. The first-order chi connectivity index (χ1) is 14.3. The van der Waals surface area contributed by atoms with Crippen LogP contribution in [-0.4, -0.2) is 20.4 Å². The van der Waals surface area contributed by atoms with Crippen molar-refractivity contribution in [1.29, 1.82) is 0 Å².